The number of cyclic esters (lactones) is 1. The highest BCUT2D eigenvalue weighted by Crippen LogP contribution is 2.27. The quantitative estimate of drug-likeness (QED) is 0.131. The maximum atomic E-state index is 12.2. The predicted molar refractivity (Wildman–Crippen MR) is 150 cm³/mol. The second-order valence-electron chi connectivity index (χ2n) is 10.6. The second-order valence-corrected chi connectivity index (χ2v) is 10.6. The molecule has 0 bridgehead atoms. The first-order valence-corrected chi connectivity index (χ1v) is 13.6. The van der Waals surface area contributed by atoms with Gasteiger partial charge in [0, 0.05) is 38.7 Å². The Bertz CT molecular complexity index is 970. The van der Waals surface area contributed by atoms with Gasteiger partial charge in [-0.2, -0.15) is 0 Å². The molecule has 0 aromatic heterocycles. The van der Waals surface area contributed by atoms with Gasteiger partial charge in [-0.05, 0) is 57.4 Å². The number of ether oxygens (including phenoxy) is 6. The third-order valence-corrected chi connectivity index (χ3v) is 6.29. The summed E-state index contributed by atoms with van der Waals surface area (Å²) in [6.07, 6.45) is 5.80. The third-order valence-electron chi connectivity index (χ3n) is 6.29. The topological polar surface area (TPSA) is 122 Å². The number of aliphatic hydroxyl groups is 1. The number of carbonyl (C=O) groups is 2. The van der Waals surface area contributed by atoms with Crippen LogP contribution in [0, 0.1) is 5.92 Å². The Hall–Kier alpha value is -2.92. The first kappa shape index (κ1) is 33.3. The summed E-state index contributed by atoms with van der Waals surface area (Å²) in [4.78, 5) is 24.1. The molecule has 0 saturated carbocycles. The lowest BCUT2D eigenvalue weighted by Crippen LogP contribution is -2.46. The average molecular weight is 564 g/mol. The van der Waals surface area contributed by atoms with Crippen molar-refractivity contribution in [2.75, 3.05) is 34.2 Å². The lowest BCUT2D eigenvalue weighted by atomic mass is 9.87. The largest absolute Gasteiger partial charge is 0.497 e. The normalized spacial score (nSPS) is 19.6. The van der Waals surface area contributed by atoms with Crippen LogP contribution in [0.3, 0.4) is 0 Å². The van der Waals surface area contributed by atoms with Gasteiger partial charge in [0.05, 0.1) is 19.8 Å². The molecule has 1 heterocycles. The second kappa shape index (κ2) is 16.4. The Labute approximate surface area is 237 Å². The Balaban J connectivity index is 2.16. The molecule has 10 nitrogen and oxygen atoms in total. The fraction of sp³-hybridized carbons (Fsp3) is 0.600. The molecule has 4 atom stereocenters. The van der Waals surface area contributed by atoms with Gasteiger partial charge >= 0.3 is 12.1 Å². The van der Waals surface area contributed by atoms with Crippen LogP contribution < -0.4 is 10.1 Å². The van der Waals surface area contributed by atoms with Crippen molar-refractivity contribution in [1.29, 1.82) is 0 Å². The molecule has 1 amide bonds. The number of esters is 1. The number of alkyl carbamates (subject to hydrolysis) is 1. The van der Waals surface area contributed by atoms with Gasteiger partial charge in [0.25, 0.3) is 0 Å². The summed E-state index contributed by atoms with van der Waals surface area (Å²) < 4.78 is 32.9. The highest BCUT2D eigenvalue weighted by Gasteiger charge is 2.36. The molecule has 1 aliphatic rings. The Morgan fingerprint density at radius 1 is 1.20 bits per heavy atom. The molecule has 0 spiro atoms. The van der Waals surface area contributed by atoms with E-state index in [9.17, 15) is 14.7 Å². The molecule has 0 unspecified atom stereocenters. The van der Waals surface area contributed by atoms with E-state index in [1.165, 1.54) is 13.2 Å². The number of carbonyl (C=O) groups excluding carboxylic acids is 2. The monoisotopic (exact) mass is 563 g/mol. The summed E-state index contributed by atoms with van der Waals surface area (Å²) in [7, 11) is 3.11. The molecule has 10 heteroatoms. The number of hydrogen-bond donors (Lipinski definition) is 2. The zero-order valence-electron chi connectivity index (χ0n) is 24.5. The minimum Gasteiger partial charge on any atom is -0.497 e. The lowest BCUT2D eigenvalue weighted by molar-refractivity contribution is -0.148. The molecule has 1 aliphatic heterocycles. The van der Waals surface area contributed by atoms with Crippen LogP contribution in [0.5, 0.6) is 5.75 Å². The van der Waals surface area contributed by atoms with E-state index in [-0.39, 0.29) is 32.3 Å². The maximum Gasteiger partial charge on any atom is 0.407 e. The minimum absolute atomic E-state index is 0.0238. The highest BCUT2D eigenvalue weighted by atomic mass is 16.7. The Kier molecular flexibility index (Phi) is 13.6. The third kappa shape index (κ3) is 11.7. The van der Waals surface area contributed by atoms with Crippen LogP contribution in [-0.4, -0.2) is 74.7 Å². The van der Waals surface area contributed by atoms with E-state index in [0.29, 0.717) is 13.0 Å². The number of amides is 1. The smallest absolute Gasteiger partial charge is 0.407 e. The Morgan fingerprint density at radius 3 is 2.55 bits per heavy atom. The molecule has 0 radical (unpaired) electrons. The van der Waals surface area contributed by atoms with Crippen LogP contribution in [0.2, 0.25) is 0 Å². The van der Waals surface area contributed by atoms with Crippen LogP contribution in [-0.2, 0) is 35.1 Å². The molecule has 2 N–H and O–H groups in total. The van der Waals surface area contributed by atoms with Crippen molar-refractivity contribution in [1.82, 2.24) is 5.32 Å². The van der Waals surface area contributed by atoms with E-state index in [4.69, 9.17) is 28.4 Å². The zero-order chi connectivity index (χ0) is 29.6. The molecule has 1 aromatic rings. The van der Waals surface area contributed by atoms with Crippen LogP contribution in [0.15, 0.2) is 48.6 Å². The predicted octanol–water partition coefficient (Wildman–Crippen LogP) is 4.30. The first-order chi connectivity index (χ1) is 19.0. The van der Waals surface area contributed by atoms with Crippen LogP contribution in [0.1, 0.15) is 52.5 Å². The molecule has 0 aliphatic carbocycles. The van der Waals surface area contributed by atoms with E-state index < -0.39 is 35.5 Å². The molecule has 0 saturated heterocycles. The minimum atomic E-state index is -1.55. The number of hydrogen-bond acceptors (Lipinski definition) is 9. The summed E-state index contributed by atoms with van der Waals surface area (Å²) >= 11 is 0. The molecule has 0 fully saturated rings. The van der Waals surface area contributed by atoms with Crippen LogP contribution in [0.25, 0.3) is 0 Å². The summed E-state index contributed by atoms with van der Waals surface area (Å²) in [5.41, 5.74) is -1.23. The van der Waals surface area contributed by atoms with Gasteiger partial charge in [-0.15, -0.1) is 0 Å². The Morgan fingerprint density at radius 2 is 1.93 bits per heavy atom. The molecular weight excluding hydrogens is 518 g/mol. The zero-order valence-corrected chi connectivity index (χ0v) is 24.5. The molecule has 1 aromatic carbocycles. The van der Waals surface area contributed by atoms with Crippen molar-refractivity contribution in [3.63, 3.8) is 0 Å². The van der Waals surface area contributed by atoms with Gasteiger partial charge in [-0.25, -0.2) is 9.59 Å². The van der Waals surface area contributed by atoms with Gasteiger partial charge in [0.1, 0.15) is 29.8 Å². The van der Waals surface area contributed by atoms with E-state index >= 15 is 0 Å². The average Bonchev–Trinajstić information content (AvgIpc) is 2.91. The summed E-state index contributed by atoms with van der Waals surface area (Å²) in [5, 5.41) is 14.6. The first-order valence-electron chi connectivity index (χ1n) is 13.6. The summed E-state index contributed by atoms with van der Waals surface area (Å²) in [5.74, 6) is 0.302. The van der Waals surface area contributed by atoms with Crippen LogP contribution in [0.4, 0.5) is 4.79 Å². The number of methoxy groups -OCH3 is 2. The van der Waals surface area contributed by atoms with Crippen molar-refractivity contribution < 1.29 is 43.1 Å². The molecule has 224 valence electrons. The molecular formula is C30H45NO9. The van der Waals surface area contributed by atoms with Crippen molar-refractivity contribution in [3.05, 3.63) is 54.1 Å². The van der Waals surface area contributed by atoms with Gasteiger partial charge in [-0.3, -0.25) is 0 Å². The van der Waals surface area contributed by atoms with Crippen molar-refractivity contribution in [3.8, 4) is 5.75 Å². The molecule has 2 rings (SSSR count). The summed E-state index contributed by atoms with van der Waals surface area (Å²) in [6.45, 7) is 8.03. The van der Waals surface area contributed by atoms with E-state index in [1.807, 2.05) is 37.3 Å². The number of nitrogens with one attached hydrogen (secondary N) is 1. The van der Waals surface area contributed by atoms with Gasteiger partial charge in [0.2, 0.25) is 0 Å². The van der Waals surface area contributed by atoms with Crippen molar-refractivity contribution in [2.45, 2.75) is 77.0 Å². The number of rotatable bonds is 16. The van der Waals surface area contributed by atoms with E-state index in [2.05, 4.69) is 5.32 Å². The fourth-order valence-corrected chi connectivity index (χ4v) is 4.14. The summed E-state index contributed by atoms with van der Waals surface area (Å²) in [6, 6.07) is 7.56. The van der Waals surface area contributed by atoms with Crippen LogP contribution >= 0.6 is 0 Å². The van der Waals surface area contributed by atoms with Crippen molar-refractivity contribution in [2.24, 2.45) is 5.92 Å². The SMILES string of the molecule is CC[C@H]1C=CC(=O)O[C@H]1/C=C/[C@](O)(CCNC(=O)OC(C)(C)C)[C@@H](CCOCc1ccc(OC)cc1)OCOC. The van der Waals surface area contributed by atoms with Gasteiger partial charge in [0.15, 0.2) is 0 Å². The number of benzene rings is 1. The highest BCUT2D eigenvalue weighted by molar-refractivity contribution is 5.83. The molecule has 40 heavy (non-hydrogen) atoms. The van der Waals surface area contributed by atoms with Crippen molar-refractivity contribution >= 4 is 12.1 Å². The van der Waals surface area contributed by atoms with Gasteiger partial charge in [-0.1, -0.05) is 31.2 Å². The maximum absolute atomic E-state index is 12.2. The van der Waals surface area contributed by atoms with Gasteiger partial charge < -0.3 is 38.8 Å². The lowest BCUT2D eigenvalue weighted by Gasteiger charge is -2.35. The fourth-order valence-electron chi connectivity index (χ4n) is 4.14. The van der Waals surface area contributed by atoms with E-state index in [1.54, 1.807) is 40.0 Å². The van der Waals surface area contributed by atoms with E-state index in [0.717, 1.165) is 17.7 Å². The standard InChI is InChI=1S/C30H45NO9/c1-7-23-10-13-27(32)39-25(23)14-16-30(34,17-18-31-28(33)40-29(2,3)4)26(38-21-35-5)15-19-37-20-22-8-11-24(36-6)12-9-22/h8-14,16,23,25-26,34H,7,15,17-21H2,1-6H3,(H,31,33)/b16-14+/t23-,25-,26+,30-/m0/s1.